The number of aromatic nitrogens is 1. The maximum Gasteiger partial charge on any atom is 0.333 e. The Labute approximate surface area is 194 Å². The molecule has 0 spiro atoms. The van der Waals surface area contributed by atoms with Crippen LogP contribution in [0.25, 0.3) is 10.9 Å². The number of benzene rings is 2. The Balaban J connectivity index is 1.73. The third-order valence-corrected chi connectivity index (χ3v) is 5.70. The van der Waals surface area contributed by atoms with Crippen molar-refractivity contribution in [1.82, 2.24) is 9.88 Å². The van der Waals surface area contributed by atoms with Crippen molar-refractivity contribution in [2.75, 3.05) is 17.6 Å². The van der Waals surface area contributed by atoms with Gasteiger partial charge in [-0.3, -0.25) is 14.3 Å². The van der Waals surface area contributed by atoms with Gasteiger partial charge in [0, 0.05) is 40.4 Å². The van der Waals surface area contributed by atoms with Crippen molar-refractivity contribution in [2.45, 2.75) is 6.54 Å². The zero-order valence-electron chi connectivity index (χ0n) is 17.3. The number of carbonyl (C=O) groups excluding carboxylic acids is 3. The number of esters is 1. The van der Waals surface area contributed by atoms with Gasteiger partial charge in [-0.15, -0.1) is 0 Å². The Morgan fingerprint density at radius 2 is 1.88 bits per heavy atom. The highest BCUT2D eigenvalue weighted by Gasteiger charge is 2.25. The predicted octanol–water partition coefficient (Wildman–Crippen LogP) is 2.45. The summed E-state index contributed by atoms with van der Waals surface area (Å²) in [5.41, 5.74) is 2.05. The first kappa shape index (κ1) is 22.6. The van der Waals surface area contributed by atoms with Crippen LogP contribution in [0.15, 0.2) is 60.4 Å². The third-order valence-electron chi connectivity index (χ3n) is 4.84. The van der Waals surface area contributed by atoms with E-state index in [9.17, 15) is 22.8 Å². The van der Waals surface area contributed by atoms with Crippen LogP contribution in [0, 0.1) is 0 Å². The summed E-state index contributed by atoms with van der Waals surface area (Å²) in [4.78, 5) is 36.8. The van der Waals surface area contributed by atoms with Crippen LogP contribution < -0.4 is 10.0 Å². The number of anilines is 1. The summed E-state index contributed by atoms with van der Waals surface area (Å²) in [6.07, 6.45) is 3.65. The number of cyclic esters (lactones) is 1. The minimum Gasteiger partial charge on any atom is -0.456 e. The molecule has 0 bridgehead atoms. The molecule has 0 radical (unpaired) electrons. The number of ether oxygens (including phenoxy) is 1. The molecule has 4 rings (SSSR count). The molecule has 0 atom stereocenters. The maximum atomic E-state index is 13.0. The van der Waals surface area contributed by atoms with Crippen LogP contribution in [0.2, 0.25) is 5.02 Å². The molecule has 1 amide bonds. The van der Waals surface area contributed by atoms with Gasteiger partial charge in [0.25, 0.3) is 11.7 Å². The number of nitrogens with one attached hydrogen (secondary N) is 2. The zero-order chi connectivity index (χ0) is 23.8. The summed E-state index contributed by atoms with van der Waals surface area (Å²) in [5.74, 6) is -2.38. The minimum atomic E-state index is -3.55. The molecule has 2 aromatic carbocycles. The molecule has 1 aliphatic heterocycles. The topological polar surface area (TPSA) is 124 Å². The fourth-order valence-electron chi connectivity index (χ4n) is 3.44. The van der Waals surface area contributed by atoms with Crippen molar-refractivity contribution in [2.24, 2.45) is 0 Å². The van der Waals surface area contributed by atoms with Crippen LogP contribution in [0.4, 0.5) is 5.69 Å². The van der Waals surface area contributed by atoms with Gasteiger partial charge in [0.2, 0.25) is 10.0 Å². The quantitative estimate of drug-likeness (QED) is 0.300. The summed E-state index contributed by atoms with van der Waals surface area (Å²) in [5, 5.41) is 3.36. The van der Waals surface area contributed by atoms with Crippen molar-refractivity contribution >= 4 is 55.9 Å². The number of sulfonamides is 1. The van der Waals surface area contributed by atoms with Gasteiger partial charge in [-0.2, -0.15) is 0 Å². The van der Waals surface area contributed by atoms with E-state index in [1.165, 1.54) is 12.3 Å². The maximum absolute atomic E-state index is 13.0. The smallest absolute Gasteiger partial charge is 0.333 e. The lowest BCUT2D eigenvalue weighted by Crippen LogP contribution is -2.31. The summed E-state index contributed by atoms with van der Waals surface area (Å²) < 4.78 is 32.2. The number of Topliss-reactive ketones (excluding diaryl/α,β-unsaturated/α-hetero) is 1. The molecule has 0 saturated carbocycles. The number of carbonyl (C=O) groups is 3. The molecular weight excluding hydrogens is 470 g/mol. The van der Waals surface area contributed by atoms with Gasteiger partial charge in [0.05, 0.1) is 17.5 Å². The first-order chi connectivity index (χ1) is 15.6. The third kappa shape index (κ3) is 5.24. The van der Waals surface area contributed by atoms with E-state index in [2.05, 4.69) is 10.0 Å². The number of ketones is 1. The Hall–Kier alpha value is -3.63. The largest absolute Gasteiger partial charge is 0.456 e. The molecule has 3 aromatic rings. The van der Waals surface area contributed by atoms with E-state index >= 15 is 0 Å². The second-order valence-electron chi connectivity index (χ2n) is 7.46. The fraction of sp³-hybridized carbons (Fsp3) is 0.136. The highest BCUT2D eigenvalue weighted by molar-refractivity contribution is 7.92. The molecular formula is C22H18ClN3O6S. The van der Waals surface area contributed by atoms with Crippen molar-refractivity contribution in [1.29, 1.82) is 0 Å². The van der Waals surface area contributed by atoms with Crippen LogP contribution in [0.5, 0.6) is 0 Å². The van der Waals surface area contributed by atoms with Crippen molar-refractivity contribution in [3.05, 3.63) is 76.6 Å². The molecule has 11 heteroatoms. The Bertz CT molecular complexity index is 1420. The average molecular weight is 488 g/mol. The lowest BCUT2D eigenvalue weighted by Gasteiger charge is -2.07. The number of hydrogen-bond donors (Lipinski definition) is 2. The highest BCUT2D eigenvalue weighted by atomic mass is 35.5. The molecule has 33 heavy (non-hydrogen) atoms. The van der Waals surface area contributed by atoms with Gasteiger partial charge < -0.3 is 14.6 Å². The molecule has 0 aliphatic carbocycles. The number of amides is 1. The van der Waals surface area contributed by atoms with E-state index < -0.39 is 27.7 Å². The normalized spacial score (nSPS) is 13.5. The van der Waals surface area contributed by atoms with Gasteiger partial charge in [-0.05, 0) is 35.9 Å². The van der Waals surface area contributed by atoms with Gasteiger partial charge in [0.15, 0.2) is 0 Å². The van der Waals surface area contributed by atoms with E-state index in [4.69, 9.17) is 16.3 Å². The summed E-state index contributed by atoms with van der Waals surface area (Å²) in [6.45, 7) is 0.257. The van der Waals surface area contributed by atoms with E-state index in [0.717, 1.165) is 17.9 Å². The van der Waals surface area contributed by atoms with Crippen LogP contribution in [0.1, 0.15) is 15.9 Å². The highest BCUT2D eigenvalue weighted by Crippen LogP contribution is 2.27. The van der Waals surface area contributed by atoms with Crippen LogP contribution in [-0.4, -0.2) is 43.5 Å². The van der Waals surface area contributed by atoms with Crippen molar-refractivity contribution in [3.8, 4) is 0 Å². The first-order valence-corrected chi connectivity index (χ1v) is 11.9. The van der Waals surface area contributed by atoms with E-state index in [1.807, 2.05) is 12.1 Å². The van der Waals surface area contributed by atoms with E-state index in [-0.39, 0.29) is 23.6 Å². The van der Waals surface area contributed by atoms with Crippen LogP contribution in [0.3, 0.4) is 0 Å². The molecule has 2 N–H and O–H groups in total. The summed E-state index contributed by atoms with van der Waals surface area (Å²) >= 11 is 5.95. The molecule has 0 saturated heterocycles. The zero-order valence-corrected chi connectivity index (χ0v) is 18.9. The van der Waals surface area contributed by atoms with Gasteiger partial charge in [-0.1, -0.05) is 23.7 Å². The Morgan fingerprint density at radius 3 is 2.52 bits per heavy atom. The number of nitrogens with zero attached hydrogens (tertiary/aromatic N) is 1. The van der Waals surface area contributed by atoms with Crippen molar-refractivity contribution < 1.29 is 27.5 Å². The second-order valence-corrected chi connectivity index (χ2v) is 9.65. The van der Waals surface area contributed by atoms with Crippen LogP contribution in [-0.2, 0) is 30.9 Å². The number of hydrogen-bond acceptors (Lipinski definition) is 6. The monoisotopic (exact) mass is 487 g/mol. The molecule has 1 aromatic heterocycles. The predicted molar refractivity (Wildman–Crippen MR) is 122 cm³/mol. The van der Waals surface area contributed by atoms with Gasteiger partial charge >= 0.3 is 5.97 Å². The van der Waals surface area contributed by atoms with E-state index in [0.29, 0.717) is 22.5 Å². The Morgan fingerprint density at radius 1 is 1.15 bits per heavy atom. The second kappa shape index (κ2) is 8.72. The average Bonchev–Trinajstić information content (AvgIpc) is 3.31. The molecule has 2 heterocycles. The standard InChI is InChI=1S/C22H18ClN3O6S/c1-33(30,31)25-15-6-7-19-17(8-15)18(11-26(19)10-13-2-4-14(23)5-3-13)21(28)22(29)24-16-9-20(27)32-12-16/h2-9,11,25H,10,12H2,1H3,(H,24,29). The van der Waals surface area contributed by atoms with Crippen LogP contribution >= 0.6 is 11.6 Å². The molecule has 0 unspecified atom stereocenters. The van der Waals surface area contributed by atoms with E-state index in [1.54, 1.807) is 28.8 Å². The summed E-state index contributed by atoms with van der Waals surface area (Å²) in [6, 6.07) is 11.9. The lowest BCUT2D eigenvalue weighted by atomic mass is 10.1. The number of halogens is 1. The fourth-order valence-corrected chi connectivity index (χ4v) is 4.13. The Kier molecular flexibility index (Phi) is 5.96. The first-order valence-electron chi connectivity index (χ1n) is 9.67. The minimum absolute atomic E-state index is 0.0828. The summed E-state index contributed by atoms with van der Waals surface area (Å²) in [7, 11) is -3.55. The van der Waals surface area contributed by atoms with Gasteiger partial charge in [-0.25, -0.2) is 13.2 Å². The molecule has 0 fully saturated rings. The molecule has 1 aliphatic rings. The molecule has 170 valence electrons. The van der Waals surface area contributed by atoms with Gasteiger partial charge in [0.1, 0.15) is 6.61 Å². The number of fused-ring (bicyclic) bond motifs is 1. The SMILES string of the molecule is CS(=O)(=O)Nc1ccc2c(c1)c(C(=O)C(=O)NC1=CC(=O)OC1)cn2Cc1ccc(Cl)cc1. The van der Waals surface area contributed by atoms with Crippen molar-refractivity contribution in [3.63, 3.8) is 0 Å². The lowest BCUT2D eigenvalue weighted by molar-refractivity contribution is -0.135. The number of rotatable bonds is 7. The molecule has 9 nitrogen and oxygen atoms in total.